The molecule has 2 heteroatoms. The lowest BCUT2D eigenvalue weighted by Crippen LogP contribution is -2.27. The fraction of sp³-hybridized carbons (Fsp3) is 1.00. The molecule has 52 valence electrons. The van der Waals surface area contributed by atoms with Gasteiger partial charge in [-0.15, -0.1) is 0 Å². The molecule has 2 saturated heterocycles. The minimum Gasteiger partial charge on any atom is -0.377 e. The molecule has 0 aliphatic carbocycles. The monoisotopic (exact) mass is 144 g/mol. The van der Waals surface area contributed by atoms with Gasteiger partial charge in [0.05, 0.1) is 6.10 Å². The Morgan fingerprint density at radius 3 is 3.22 bits per heavy atom. The molecular weight excluding hydrogens is 132 g/mol. The smallest absolute Gasteiger partial charge is 0.0701 e. The molecule has 0 aromatic heterocycles. The van der Waals surface area contributed by atoms with E-state index in [1.54, 1.807) is 0 Å². The van der Waals surface area contributed by atoms with Crippen molar-refractivity contribution in [2.75, 3.05) is 12.4 Å². The van der Waals surface area contributed by atoms with Crippen molar-refractivity contribution in [3.05, 3.63) is 0 Å². The molecule has 2 atom stereocenters. The van der Waals surface area contributed by atoms with Crippen LogP contribution in [0, 0.1) is 0 Å². The van der Waals surface area contributed by atoms with Gasteiger partial charge < -0.3 is 4.74 Å². The second-order valence-corrected chi connectivity index (χ2v) is 4.10. The van der Waals surface area contributed by atoms with Gasteiger partial charge in [0, 0.05) is 11.9 Å². The van der Waals surface area contributed by atoms with Gasteiger partial charge in [-0.3, -0.25) is 0 Å². The number of hydrogen-bond donors (Lipinski definition) is 0. The summed E-state index contributed by atoms with van der Waals surface area (Å²) >= 11 is 2.10. The first kappa shape index (κ1) is 6.05. The molecule has 0 N–H and O–H groups in total. The molecule has 2 rings (SSSR count). The topological polar surface area (TPSA) is 9.23 Å². The fourth-order valence-corrected chi connectivity index (χ4v) is 3.04. The maximum Gasteiger partial charge on any atom is 0.0701 e. The van der Waals surface area contributed by atoms with E-state index in [0.29, 0.717) is 6.10 Å². The maximum atomic E-state index is 5.58. The highest BCUT2D eigenvalue weighted by atomic mass is 32.2. The average molecular weight is 144 g/mol. The molecule has 2 fully saturated rings. The van der Waals surface area contributed by atoms with Crippen LogP contribution >= 0.6 is 11.8 Å². The highest BCUT2D eigenvalue weighted by Gasteiger charge is 2.30. The Balaban J connectivity index is 1.97. The summed E-state index contributed by atoms with van der Waals surface area (Å²) in [6.07, 6.45) is 4.61. The first-order valence-electron chi connectivity index (χ1n) is 3.70. The summed E-state index contributed by atoms with van der Waals surface area (Å²) in [6.45, 7) is 1.02. The molecule has 0 aromatic carbocycles. The summed E-state index contributed by atoms with van der Waals surface area (Å²) < 4.78 is 5.58. The lowest BCUT2D eigenvalue weighted by Gasteiger charge is -2.24. The van der Waals surface area contributed by atoms with Crippen LogP contribution in [-0.4, -0.2) is 23.7 Å². The highest BCUT2D eigenvalue weighted by molar-refractivity contribution is 8.00. The van der Waals surface area contributed by atoms with Crippen molar-refractivity contribution in [3.63, 3.8) is 0 Å². The van der Waals surface area contributed by atoms with E-state index in [2.05, 4.69) is 11.8 Å². The van der Waals surface area contributed by atoms with Gasteiger partial charge in [-0.05, 0) is 25.0 Å². The molecule has 2 heterocycles. The van der Waals surface area contributed by atoms with Crippen molar-refractivity contribution >= 4 is 11.8 Å². The molecule has 0 spiro atoms. The van der Waals surface area contributed by atoms with Gasteiger partial charge in [0.15, 0.2) is 0 Å². The van der Waals surface area contributed by atoms with Crippen LogP contribution in [0.3, 0.4) is 0 Å². The second-order valence-electron chi connectivity index (χ2n) is 2.75. The molecule has 0 saturated carbocycles. The average Bonchev–Trinajstić information content (AvgIpc) is 2.33. The van der Waals surface area contributed by atoms with Crippen LogP contribution in [0.2, 0.25) is 0 Å². The first-order chi connectivity index (χ1) is 4.47. The van der Waals surface area contributed by atoms with Crippen molar-refractivity contribution in [3.8, 4) is 0 Å². The summed E-state index contributed by atoms with van der Waals surface area (Å²) in [4.78, 5) is 0. The van der Waals surface area contributed by atoms with Crippen molar-refractivity contribution < 1.29 is 4.74 Å². The van der Waals surface area contributed by atoms with Crippen LogP contribution in [0.25, 0.3) is 0 Å². The molecule has 0 amide bonds. The highest BCUT2D eigenvalue weighted by Crippen LogP contribution is 2.34. The van der Waals surface area contributed by atoms with E-state index in [4.69, 9.17) is 4.74 Å². The number of hydrogen-bond acceptors (Lipinski definition) is 2. The molecular formula is C7H12OS. The van der Waals surface area contributed by atoms with Crippen molar-refractivity contribution in [2.45, 2.75) is 30.6 Å². The number of rotatable bonds is 0. The van der Waals surface area contributed by atoms with Crippen molar-refractivity contribution in [1.82, 2.24) is 0 Å². The summed E-state index contributed by atoms with van der Waals surface area (Å²) in [5, 5.41) is 0.860. The van der Waals surface area contributed by atoms with E-state index in [9.17, 15) is 0 Å². The normalized spacial score (nSPS) is 42.7. The summed E-state index contributed by atoms with van der Waals surface area (Å²) in [5.74, 6) is 1.33. The Hall–Kier alpha value is 0.310. The van der Waals surface area contributed by atoms with Gasteiger partial charge in [-0.1, -0.05) is 0 Å². The van der Waals surface area contributed by atoms with Crippen LogP contribution in [-0.2, 0) is 4.74 Å². The Morgan fingerprint density at radius 1 is 1.33 bits per heavy atom. The zero-order valence-electron chi connectivity index (χ0n) is 5.51. The van der Waals surface area contributed by atoms with E-state index in [-0.39, 0.29) is 0 Å². The fourth-order valence-electron chi connectivity index (χ4n) is 1.61. The Kier molecular flexibility index (Phi) is 1.68. The predicted molar refractivity (Wildman–Crippen MR) is 39.8 cm³/mol. The molecule has 9 heavy (non-hydrogen) atoms. The zero-order valence-corrected chi connectivity index (χ0v) is 6.32. The van der Waals surface area contributed by atoms with Gasteiger partial charge >= 0.3 is 0 Å². The van der Waals surface area contributed by atoms with E-state index in [1.807, 2.05) is 0 Å². The van der Waals surface area contributed by atoms with Crippen LogP contribution in [0.15, 0.2) is 0 Å². The number of fused-ring (bicyclic) bond motifs is 1. The first-order valence-corrected chi connectivity index (χ1v) is 4.75. The predicted octanol–water partition coefficient (Wildman–Crippen LogP) is 1.67. The summed E-state index contributed by atoms with van der Waals surface area (Å²) in [5.41, 5.74) is 0. The van der Waals surface area contributed by atoms with Crippen molar-refractivity contribution in [1.29, 1.82) is 0 Å². The molecule has 2 aliphatic heterocycles. The third-order valence-electron chi connectivity index (χ3n) is 2.11. The minimum atomic E-state index is 0.628. The van der Waals surface area contributed by atoms with Crippen LogP contribution in [0.5, 0.6) is 0 Å². The van der Waals surface area contributed by atoms with Gasteiger partial charge in [0.2, 0.25) is 0 Å². The Bertz CT molecular complexity index is 93.1. The molecule has 2 aliphatic rings. The SMILES string of the molecule is C1COC2CCSC2C1. The molecule has 0 radical (unpaired) electrons. The van der Waals surface area contributed by atoms with E-state index < -0.39 is 0 Å². The van der Waals surface area contributed by atoms with Gasteiger partial charge in [-0.25, -0.2) is 0 Å². The quantitative estimate of drug-likeness (QED) is 0.511. The van der Waals surface area contributed by atoms with Crippen LogP contribution in [0.1, 0.15) is 19.3 Å². The molecule has 0 aromatic rings. The molecule has 1 nitrogen and oxygen atoms in total. The van der Waals surface area contributed by atoms with E-state index in [0.717, 1.165) is 11.9 Å². The van der Waals surface area contributed by atoms with Gasteiger partial charge in [-0.2, -0.15) is 11.8 Å². The molecule has 2 unspecified atom stereocenters. The van der Waals surface area contributed by atoms with Crippen molar-refractivity contribution in [2.24, 2.45) is 0 Å². The van der Waals surface area contributed by atoms with Gasteiger partial charge in [0.1, 0.15) is 0 Å². The largest absolute Gasteiger partial charge is 0.377 e. The number of thioether (sulfide) groups is 1. The third-order valence-corrected chi connectivity index (χ3v) is 3.55. The Morgan fingerprint density at radius 2 is 2.33 bits per heavy atom. The maximum absolute atomic E-state index is 5.58. The van der Waals surface area contributed by atoms with E-state index >= 15 is 0 Å². The number of ether oxygens (including phenoxy) is 1. The standard InChI is InChI=1S/C7H12OS/c1-2-7-6(8-4-1)3-5-9-7/h6-7H,1-5H2. The zero-order chi connectivity index (χ0) is 6.10. The minimum absolute atomic E-state index is 0.628. The lowest BCUT2D eigenvalue weighted by molar-refractivity contribution is 0.0250. The second kappa shape index (κ2) is 2.51. The van der Waals surface area contributed by atoms with Gasteiger partial charge in [0.25, 0.3) is 0 Å². The Labute approximate surface area is 60.2 Å². The third kappa shape index (κ3) is 1.10. The molecule has 0 bridgehead atoms. The lowest BCUT2D eigenvalue weighted by atomic mass is 10.1. The summed E-state index contributed by atoms with van der Waals surface area (Å²) in [6, 6.07) is 0. The van der Waals surface area contributed by atoms with Crippen LogP contribution < -0.4 is 0 Å². The van der Waals surface area contributed by atoms with E-state index in [1.165, 1.54) is 25.0 Å². The summed E-state index contributed by atoms with van der Waals surface area (Å²) in [7, 11) is 0. The van der Waals surface area contributed by atoms with Crippen LogP contribution in [0.4, 0.5) is 0 Å².